The van der Waals surface area contributed by atoms with Crippen molar-refractivity contribution in [3.63, 3.8) is 0 Å². The van der Waals surface area contributed by atoms with Crippen molar-refractivity contribution >= 4 is 41.7 Å². The Morgan fingerprint density at radius 2 is 1.65 bits per heavy atom. The summed E-state index contributed by atoms with van der Waals surface area (Å²) in [5, 5.41) is 5.41. The first-order valence-corrected chi connectivity index (χ1v) is 8.94. The van der Waals surface area contributed by atoms with Crippen LogP contribution in [0.3, 0.4) is 0 Å². The zero-order valence-electron chi connectivity index (χ0n) is 14.8. The number of hydrogen-bond acceptors (Lipinski definition) is 4. The highest BCUT2D eigenvalue weighted by Gasteiger charge is 2.17. The molecule has 5 nitrogen and oxygen atoms in total. The molecule has 2 amide bonds. The van der Waals surface area contributed by atoms with Crippen LogP contribution in [-0.2, 0) is 9.59 Å². The average Bonchev–Trinajstić information content (AvgIpc) is 2.61. The van der Waals surface area contributed by atoms with E-state index >= 15 is 0 Å². The van der Waals surface area contributed by atoms with Crippen molar-refractivity contribution in [1.29, 1.82) is 0 Å². The monoisotopic (exact) mass is 393 g/mol. The Morgan fingerprint density at radius 3 is 2.31 bits per heavy atom. The van der Waals surface area contributed by atoms with E-state index in [2.05, 4.69) is 10.6 Å². The Morgan fingerprint density at radius 1 is 1.04 bits per heavy atom. The van der Waals surface area contributed by atoms with Gasteiger partial charge in [0.15, 0.2) is 0 Å². The molecule has 0 spiro atoms. The molecule has 1 atom stereocenters. The summed E-state index contributed by atoms with van der Waals surface area (Å²) in [6, 6.07) is 16.9. The van der Waals surface area contributed by atoms with Gasteiger partial charge in [-0.1, -0.05) is 55.9 Å². The number of carbonyl (C=O) groups excluding carboxylic acids is 2. The molecule has 0 saturated carbocycles. The van der Waals surface area contributed by atoms with E-state index in [1.165, 1.54) is 0 Å². The number of nitrogens with two attached hydrogens (primary N) is 1. The van der Waals surface area contributed by atoms with Gasteiger partial charge in [-0.2, -0.15) is 0 Å². The quantitative estimate of drug-likeness (QED) is 0.673. The molecular formula is C19H24ClN3O2S. The number of hydrogen-bond donors (Lipinski definition) is 3. The number of nitrogens with one attached hydrogen (secondary N) is 2. The third kappa shape index (κ3) is 6.71. The van der Waals surface area contributed by atoms with Gasteiger partial charge < -0.3 is 16.4 Å². The molecule has 0 saturated heterocycles. The van der Waals surface area contributed by atoms with Gasteiger partial charge >= 0.3 is 0 Å². The third-order valence-corrected chi connectivity index (χ3v) is 4.66. The fourth-order valence-corrected chi connectivity index (χ4v) is 2.98. The fourth-order valence-electron chi connectivity index (χ4n) is 2.06. The minimum Gasteiger partial charge on any atom is -0.346 e. The summed E-state index contributed by atoms with van der Waals surface area (Å²) in [5.41, 5.74) is 6.47. The molecule has 4 N–H and O–H groups in total. The minimum absolute atomic E-state index is 0. The second-order valence-electron chi connectivity index (χ2n) is 5.95. The van der Waals surface area contributed by atoms with Crippen molar-refractivity contribution in [2.24, 2.45) is 11.7 Å². The van der Waals surface area contributed by atoms with Crippen LogP contribution in [0.4, 0.5) is 5.69 Å². The molecule has 140 valence electrons. The van der Waals surface area contributed by atoms with Crippen LogP contribution in [0.15, 0.2) is 64.4 Å². The first kappa shape index (κ1) is 22.0. The Bertz CT molecular complexity index is 726. The van der Waals surface area contributed by atoms with Gasteiger partial charge in [0.2, 0.25) is 11.8 Å². The average molecular weight is 394 g/mol. The van der Waals surface area contributed by atoms with E-state index in [9.17, 15) is 9.59 Å². The van der Waals surface area contributed by atoms with Crippen molar-refractivity contribution < 1.29 is 9.59 Å². The van der Waals surface area contributed by atoms with Gasteiger partial charge in [0.25, 0.3) is 0 Å². The Labute approximate surface area is 164 Å². The van der Waals surface area contributed by atoms with Gasteiger partial charge in [0, 0.05) is 9.79 Å². The lowest BCUT2D eigenvalue weighted by molar-refractivity contribution is -0.125. The van der Waals surface area contributed by atoms with Gasteiger partial charge in [0.1, 0.15) is 0 Å². The van der Waals surface area contributed by atoms with Gasteiger partial charge in [-0.15, -0.1) is 12.4 Å². The predicted octanol–water partition coefficient (Wildman–Crippen LogP) is 3.30. The summed E-state index contributed by atoms with van der Waals surface area (Å²) in [7, 11) is 0. The number of amides is 2. The minimum atomic E-state index is -0.617. The summed E-state index contributed by atoms with van der Waals surface area (Å²) in [6.07, 6.45) is 0. The van der Waals surface area contributed by atoms with E-state index in [0.29, 0.717) is 5.69 Å². The Balaban J connectivity index is 0.00000338. The number of carbonyl (C=O) groups is 2. The molecule has 0 unspecified atom stereocenters. The summed E-state index contributed by atoms with van der Waals surface area (Å²) in [4.78, 5) is 26.0. The number of para-hydroxylation sites is 1. The van der Waals surface area contributed by atoms with Crippen LogP contribution in [0.2, 0.25) is 0 Å². The van der Waals surface area contributed by atoms with E-state index < -0.39 is 6.04 Å². The topological polar surface area (TPSA) is 84.2 Å². The Kier molecular flexibility index (Phi) is 9.19. The maximum atomic E-state index is 12.1. The molecule has 0 bridgehead atoms. The second-order valence-corrected chi connectivity index (χ2v) is 7.06. The molecule has 26 heavy (non-hydrogen) atoms. The molecule has 2 aromatic carbocycles. The van der Waals surface area contributed by atoms with Crippen LogP contribution in [0, 0.1) is 5.92 Å². The van der Waals surface area contributed by atoms with Crippen molar-refractivity contribution in [2.45, 2.75) is 29.7 Å². The summed E-state index contributed by atoms with van der Waals surface area (Å²) >= 11 is 1.57. The zero-order valence-corrected chi connectivity index (χ0v) is 16.4. The van der Waals surface area contributed by atoms with Crippen molar-refractivity contribution in [1.82, 2.24) is 5.32 Å². The lowest BCUT2D eigenvalue weighted by Crippen LogP contribution is -2.46. The van der Waals surface area contributed by atoms with Crippen molar-refractivity contribution in [3.05, 3.63) is 54.6 Å². The van der Waals surface area contributed by atoms with E-state index in [0.717, 1.165) is 9.79 Å². The molecule has 0 aliphatic heterocycles. The van der Waals surface area contributed by atoms with Crippen LogP contribution < -0.4 is 16.4 Å². The summed E-state index contributed by atoms with van der Waals surface area (Å²) in [6.45, 7) is 3.62. The van der Waals surface area contributed by atoms with Gasteiger partial charge in [-0.25, -0.2) is 0 Å². The molecule has 0 aliphatic carbocycles. The van der Waals surface area contributed by atoms with Crippen LogP contribution in [0.25, 0.3) is 0 Å². The fraction of sp³-hybridized carbons (Fsp3) is 0.263. The lowest BCUT2D eigenvalue weighted by Gasteiger charge is -2.15. The molecule has 2 aromatic rings. The molecule has 0 fully saturated rings. The highest BCUT2D eigenvalue weighted by molar-refractivity contribution is 7.99. The van der Waals surface area contributed by atoms with E-state index in [-0.39, 0.29) is 36.7 Å². The standard InChI is InChI=1S/C19H23N3O2S.ClH/c1-13(2)18(20)19(24)21-12-17(23)22-15-10-6-7-11-16(15)25-14-8-4-3-5-9-14;/h3-11,13,18H,12,20H2,1-2H3,(H,21,24)(H,22,23);1H/t18-;/m0./s1. The molecule has 0 aliphatic rings. The lowest BCUT2D eigenvalue weighted by atomic mass is 10.1. The van der Waals surface area contributed by atoms with Crippen LogP contribution in [0.5, 0.6) is 0 Å². The van der Waals surface area contributed by atoms with Gasteiger partial charge in [0.05, 0.1) is 18.3 Å². The molecule has 0 radical (unpaired) electrons. The first-order valence-electron chi connectivity index (χ1n) is 8.12. The smallest absolute Gasteiger partial charge is 0.243 e. The Hall–Kier alpha value is -2.02. The number of rotatable bonds is 7. The number of anilines is 1. The van der Waals surface area contributed by atoms with Crippen LogP contribution in [-0.4, -0.2) is 24.4 Å². The highest BCUT2D eigenvalue weighted by Crippen LogP contribution is 2.33. The van der Waals surface area contributed by atoms with E-state index in [1.54, 1.807) is 11.8 Å². The van der Waals surface area contributed by atoms with Crippen molar-refractivity contribution in [3.8, 4) is 0 Å². The number of halogens is 1. The largest absolute Gasteiger partial charge is 0.346 e. The van der Waals surface area contributed by atoms with Gasteiger partial charge in [-0.3, -0.25) is 9.59 Å². The van der Waals surface area contributed by atoms with Crippen LogP contribution in [0.1, 0.15) is 13.8 Å². The predicted molar refractivity (Wildman–Crippen MR) is 109 cm³/mol. The maximum Gasteiger partial charge on any atom is 0.243 e. The normalized spacial score (nSPS) is 11.4. The summed E-state index contributed by atoms with van der Waals surface area (Å²) in [5.74, 6) is -0.589. The van der Waals surface area contributed by atoms with Crippen LogP contribution >= 0.6 is 24.2 Å². The summed E-state index contributed by atoms with van der Waals surface area (Å²) < 4.78 is 0. The zero-order chi connectivity index (χ0) is 18.2. The molecule has 0 heterocycles. The third-order valence-electron chi connectivity index (χ3n) is 3.58. The number of benzene rings is 2. The van der Waals surface area contributed by atoms with E-state index in [4.69, 9.17) is 5.73 Å². The van der Waals surface area contributed by atoms with Crippen molar-refractivity contribution in [2.75, 3.05) is 11.9 Å². The molecular weight excluding hydrogens is 370 g/mol. The maximum absolute atomic E-state index is 12.1. The van der Waals surface area contributed by atoms with Gasteiger partial charge in [-0.05, 0) is 30.2 Å². The highest BCUT2D eigenvalue weighted by atomic mass is 35.5. The second kappa shape index (κ2) is 10.9. The molecule has 2 rings (SSSR count). The first-order chi connectivity index (χ1) is 12.0. The van der Waals surface area contributed by atoms with E-state index in [1.807, 2.05) is 68.4 Å². The molecule has 0 aromatic heterocycles. The molecule has 7 heteroatoms. The SMILES string of the molecule is CC(C)[C@H](N)C(=O)NCC(=O)Nc1ccccc1Sc1ccccc1.Cl.